The van der Waals surface area contributed by atoms with Crippen LogP contribution < -0.4 is 10.1 Å². The molecular formula is C13H17N3OS. The van der Waals surface area contributed by atoms with Crippen LogP contribution in [-0.4, -0.2) is 23.9 Å². The van der Waals surface area contributed by atoms with Crippen molar-refractivity contribution in [2.45, 2.75) is 19.9 Å². The van der Waals surface area contributed by atoms with Gasteiger partial charge in [-0.2, -0.15) is 0 Å². The molecule has 1 aromatic carbocycles. The van der Waals surface area contributed by atoms with Crippen LogP contribution in [0.2, 0.25) is 0 Å². The van der Waals surface area contributed by atoms with Crippen LogP contribution in [0.5, 0.6) is 5.75 Å². The minimum absolute atomic E-state index is 0.218. The van der Waals surface area contributed by atoms with Gasteiger partial charge >= 0.3 is 0 Å². The first-order valence-electron chi connectivity index (χ1n) is 5.99. The van der Waals surface area contributed by atoms with E-state index in [0.29, 0.717) is 6.61 Å². The molecule has 0 aliphatic rings. The van der Waals surface area contributed by atoms with E-state index in [-0.39, 0.29) is 6.04 Å². The Bertz CT molecular complexity index is 512. The average Bonchev–Trinajstić information content (AvgIpc) is 2.88. The van der Waals surface area contributed by atoms with Crippen LogP contribution in [-0.2, 0) is 0 Å². The Kier molecular flexibility index (Phi) is 4.28. The lowest BCUT2D eigenvalue weighted by molar-refractivity contribution is 0.341. The molecule has 1 unspecified atom stereocenters. The van der Waals surface area contributed by atoms with Gasteiger partial charge in [-0.05, 0) is 33.0 Å². The molecule has 2 aromatic rings. The molecule has 0 radical (unpaired) electrons. The number of hydrogen-bond donors (Lipinski definition) is 1. The molecule has 0 aliphatic heterocycles. The SMILES string of the molecule is CCOc1ccccc1-c1nnc(C(C)NC)s1. The van der Waals surface area contributed by atoms with Crippen LogP contribution in [0.4, 0.5) is 0 Å². The van der Waals surface area contributed by atoms with E-state index >= 15 is 0 Å². The predicted molar refractivity (Wildman–Crippen MR) is 74.0 cm³/mol. The fourth-order valence-electron chi connectivity index (χ4n) is 1.57. The third-order valence-electron chi connectivity index (χ3n) is 2.66. The van der Waals surface area contributed by atoms with Crippen molar-refractivity contribution >= 4 is 11.3 Å². The molecule has 0 saturated heterocycles. The molecule has 1 heterocycles. The lowest BCUT2D eigenvalue weighted by Gasteiger charge is -2.07. The number of rotatable bonds is 5. The van der Waals surface area contributed by atoms with Gasteiger partial charge in [0.05, 0.1) is 18.2 Å². The fraction of sp³-hybridized carbons (Fsp3) is 0.385. The van der Waals surface area contributed by atoms with E-state index < -0.39 is 0 Å². The van der Waals surface area contributed by atoms with Crippen LogP contribution >= 0.6 is 11.3 Å². The van der Waals surface area contributed by atoms with Crippen molar-refractivity contribution in [2.24, 2.45) is 0 Å². The van der Waals surface area contributed by atoms with Gasteiger partial charge < -0.3 is 10.1 Å². The Morgan fingerprint density at radius 3 is 2.83 bits per heavy atom. The molecule has 4 nitrogen and oxygen atoms in total. The summed E-state index contributed by atoms with van der Waals surface area (Å²) in [6.07, 6.45) is 0. The molecule has 0 aliphatic carbocycles. The van der Waals surface area contributed by atoms with Gasteiger partial charge in [-0.15, -0.1) is 10.2 Å². The number of ether oxygens (including phenoxy) is 1. The molecule has 1 atom stereocenters. The van der Waals surface area contributed by atoms with Gasteiger partial charge in [-0.25, -0.2) is 0 Å². The number of nitrogens with one attached hydrogen (secondary N) is 1. The van der Waals surface area contributed by atoms with E-state index in [1.54, 1.807) is 11.3 Å². The zero-order valence-corrected chi connectivity index (χ0v) is 11.6. The van der Waals surface area contributed by atoms with E-state index in [1.165, 1.54) is 0 Å². The summed E-state index contributed by atoms with van der Waals surface area (Å²) in [4.78, 5) is 0. The Labute approximate surface area is 111 Å². The van der Waals surface area contributed by atoms with E-state index in [4.69, 9.17) is 4.74 Å². The summed E-state index contributed by atoms with van der Waals surface area (Å²) in [5, 5.41) is 13.5. The first kappa shape index (κ1) is 13.0. The highest BCUT2D eigenvalue weighted by molar-refractivity contribution is 7.14. The Morgan fingerprint density at radius 1 is 1.33 bits per heavy atom. The van der Waals surface area contributed by atoms with E-state index in [1.807, 2.05) is 38.2 Å². The smallest absolute Gasteiger partial charge is 0.151 e. The number of benzene rings is 1. The second-order valence-electron chi connectivity index (χ2n) is 3.88. The Morgan fingerprint density at radius 2 is 2.11 bits per heavy atom. The van der Waals surface area contributed by atoms with Gasteiger partial charge in [0.15, 0.2) is 5.01 Å². The maximum absolute atomic E-state index is 5.61. The largest absolute Gasteiger partial charge is 0.493 e. The van der Waals surface area contributed by atoms with Gasteiger partial charge in [0, 0.05) is 0 Å². The number of aromatic nitrogens is 2. The van der Waals surface area contributed by atoms with E-state index in [9.17, 15) is 0 Å². The first-order chi connectivity index (χ1) is 8.76. The van der Waals surface area contributed by atoms with Crippen molar-refractivity contribution in [1.82, 2.24) is 15.5 Å². The minimum atomic E-state index is 0.218. The Balaban J connectivity index is 2.33. The first-order valence-corrected chi connectivity index (χ1v) is 6.80. The van der Waals surface area contributed by atoms with Crippen LogP contribution in [0, 0.1) is 0 Å². The molecule has 18 heavy (non-hydrogen) atoms. The summed E-state index contributed by atoms with van der Waals surface area (Å²) in [5.41, 5.74) is 1.01. The van der Waals surface area contributed by atoms with Gasteiger partial charge in [-0.1, -0.05) is 23.5 Å². The number of para-hydroxylation sites is 1. The second kappa shape index (κ2) is 5.93. The summed E-state index contributed by atoms with van der Waals surface area (Å²) >= 11 is 1.59. The number of hydrogen-bond acceptors (Lipinski definition) is 5. The van der Waals surface area contributed by atoms with Gasteiger partial charge in [0.1, 0.15) is 10.8 Å². The maximum atomic E-state index is 5.61. The molecule has 0 saturated carbocycles. The molecule has 5 heteroatoms. The van der Waals surface area contributed by atoms with Crippen molar-refractivity contribution < 1.29 is 4.74 Å². The molecule has 0 spiro atoms. The van der Waals surface area contributed by atoms with Crippen molar-refractivity contribution in [3.05, 3.63) is 29.3 Å². The third kappa shape index (κ3) is 2.68. The lowest BCUT2D eigenvalue weighted by atomic mass is 10.2. The normalized spacial score (nSPS) is 12.4. The summed E-state index contributed by atoms with van der Waals surface area (Å²) in [5.74, 6) is 0.861. The van der Waals surface area contributed by atoms with Crippen molar-refractivity contribution in [2.75, 3.05) is 13.7 Å². The highest BCUT2D eigenvalue weighted by Crippen LogP contribution is 2.33. The summed E-state index contributed by atoms with van der Waals surface area (Å²) in [6, 6.07) is 8.14. The van der Waals surface area contributed by atoms with Gasteiger partial charge in [-0.3, -0.25) is 0 Å². The summed E-state index contributed by atoms with van der Waals surface area (Å²) in [7, 11) is 1.92. The zero-order valence-electron chi connectivity index (χ0n) is 10.8. The van der Waals surface area contributed by atoms with Crippen molar-refractivity contribution in [3.63, 3.8) is 0 Å². The van der Waals surface area contributed by atoms with E-state index in [0.717, 1.165) is 21.3 Å². The zero-order chi connectivity index (χ0) is 13.0. The average molecular weight is 263 g/mol. The highest BCUT2D eigenvalue weighted by Gasteiger charge is 2.14. The van der Waals surface area contributed by atoms with Crippen LogP contribution in [0.25, 0.3) is 10.6 Å². The van der Waals surface area contributed by atoms with Crippen LogP contribution in [0.3, 0.4) is 0 Å². The van der Waals surface area contributed by atoms with Crippen molar-refractivity contribution in [1.29, 1.82) is 0 Å². The fourth-order valence-corrected chi connectivity index (χ4v) is 2.50. The maximum Gasteiger partial charge on any atom is 0.151 e. The van der Waals surface area contributed by atoms with Crippen LogP contribution in [0.15, 0.2) is 24.3 Å². The molecule has 0 bridgehead atoms. The van der Waals surface area contributed by atoms with E-state index in [2.05, 4.69) is 22.4 Å². The lowest BCUT2D eigenvalue weighted by Crippen LogP contribution is -2.11. The molecule has 96 valence electrons. The van der Waals surface area contributed by atoms with Gasteiger partial charge in [0.2, 0.25) is 0 Å². The van der Waals surface area contributed by atoms with Crippen molar-refractivity contribution in [3.8, 4) is 16.3 Å². The minimum Gasteiger partial charge on any atom is -0.493 e. The monoisotopic (exact) mass is 263 g/mol. The molecule has 0 amide bonds. The number of nitrogens with zero attached hydrogens (tertiary/aromatic N) is 2. The second-order valence-corrected chi connectivity index (χ2v) is 4.89. The van der Waals surface area contributed by atoms with Crippen LogP contribution in [0.1, 0.15) is 24.9 Å². The van der Waals surface area contributed by atoms with Gasteiger partial charge in [0.25, 0.3) is 0 Å². The quantitative estimate of drug-likeness (QED) is 0.901. The molecular weight excluding hydrogens is 246 g/mol. The highest BCUT2D eigenvalue weighted by atomic mass is 32.1. The molecule has 0 fully saturated rings. The third-order valence-corrected chi connectivity index (χ3v) is 3.80. The summed E-state index contributed by atoms with van der Waals surface area (Å²) < 4.78 is 5.61. The molecule has 1 N–H and O–H groups in total. The topological polar surface area (TPSA) is 47.0 Å². The summed E-state index contributed by atoms with van der Waals surface area (Å²) in [6.45, 7) is 4.69. The Hall–Kier alpha value is -1.46. The molecule has 2 rings (SSSR count). The predicted octanol–water partition coefficient (Wildman–Crippen LogP) is 2.88. The standard InChI is InChI=1S/C13H17N3OS/c1-4-17-11-8-6-5-7-10(11)13-16-15-12(18-13)9(2)14-3/h5-9,14H,4H2,1-3H3. The molecule has 1 aromatic heterocycles.